The van der Waals surface area contributed by atoms with E-state index >= 15 is 0 Å². The highest BCUT2D eigenvalue weighted by Gasteiger charge is 2.11. The van der Waals surface area contributed by atoms with Crippen molar-refractivity contribution < 1.29 is 12.8 Å². The first-order valence-electron chi connectivity index (χ1n) is 6.96. The Kier molecular flexibility index (Phi) is 4.51. The van der Waals surface area contributed by atoms with Gasteiger partial charge in [-0.1, -0.05) is 15.9 Å². The molecule has 0 aliphatic heterocycles. The quantitative estimate of drug-likeness (QED) is 0.713. The van der Waals surface area contributed by atoms with E-state index in [4.69, 9.17) is 0 Å². The molecule has 1 N–H and O–H groups in total. The summed E-state index contributed by atoms with van der Waals surface area (Å²) in [6.45, 7) is 0.339. The minimum Gasteiger partial charge on any atom is -0.365 e. The van der Waals surface area contributed by atoms with E-state index in [2.05, 4.69) is 31.2 Å². The van der Waals surface area contributed by atoms with Crippen molar-refractivity contribution in [3.63, 3.8) is 0 Å². The molecule has 124 valence electrons. The molecule has 3 rings (SSSR count). The van der Waals surface area contributed by atoms with E-state index in [-0.39, 0.29) is 10.7 Å². The van der Waals surface area contributed by atoms with Gasteiger partial charge in [0.05, 0.1) is 10.4 Å². The third-order valence-electron chi connectivity index (χ3n) is 3.42. The lowest BCUT2D eigenvalue weighted by atomic mass is 10.2. The summed E-state index contributed by atoms with van der Waals surface area (Å²) in [7, 11) is -3.33. The molecule has 0 radical (unpaired) electrons. The minimum absolute atomic E-state index is 0.196. The van der Waals surface area contributed by atoms with E-state index in [0.717, 1.165) is 11.8 Å². The van der Waals surface area contributed by atoms with Crippen molar-refractivity contribution in [3.05, 3.63) is 58.6 Å². The Balaban J connectivity index is 1.96. The lowest BCUT2D eigenvalue weighted by Crippen LogP contribution is -2.04. The number of sulfone groups is 1. The molecule has 0 spiro atoms. The molecule has 2 aromatic carbocycles. The van der Waals surface area contributed by atoms with Gasteiger partial charge in [-0.15, -0.1) is 0 Å². The fraction of sp³-hybridized carbons (Fsp3) is 0.125. The maximum atomic E-state index is 13.4. The molecule has 0 aliphatic rings. The number of anilines is 1. The van der Waals surface area contributed by atoms with Gasteiger partial charge in [0, 0.05) is 22.7 Å². The maximum absolute atomic E-state index is 13.4. The number of rotatable bonds is 4. The average Bonchev–Trinajstić information content (AvgIpc) is 2.50. The van der Waals surface area contributed by atoms with Gasteiger partial charge < -0.3 is 5.32 Å². The summed E-state index contributed by atoms with van der Waals surface area (Å²) < 4.78 is 37.6. The van der Waals surface area contributed by atoms with Crippen LogP contribution < -0.4 is 5.32 Å². The van der Waals surface area contributed by atoms with Crippen molar-refractivity contribution in [1.29, 1.82) is 0 Å². The summed E-state index contributed by atoms with van der Waals surface area (Å²) in [6, 6.07) is 9.27. The summed E-state index contributed by atoms with van der Waals surface area (Å²) in [5.74, 6) is 0.152. The van der Waals surface area contributed by atoms with E-state index in [1.165, 1.54) is 30.6 Å². The Morgan fingerprint density at radius 2 is 1.96 bits per heavy atom. The average molecular weight is 410 g/mol. The lowest BCUT2D eigenvalue weighted by molar-refractivity contribution is 0.602. The van der Waals surface area contributed by atoms with Crippen LogP contribution in [-0.4, -0.2) is 24.6 Å². The molecule has 1 heterocycles. The Hall–Kier alpha value is -2.06. The van der Waals surface area contributed by atoms with Gasteiger partial charge in [0.25, 0.3) is 0 Å². The first-order chi connectivity index (χ1) is 11.3. The van der Waals surface area contributed by atoms with Crippen LogP contribution in [0, 0.1) is 5.82 Å². The van der Waals surface area contributed by atoms with Crippen LogP contribution in [0.4, 0.5) is 10.2 Å². The normalized spacial score (nSPS) is 11.6. The molecule has 0 saturated heterocycles. The SMILES string of the molecule is CS(=O)(=O)c1ccc2ncnc(NCc3cc(F)cc(Br)c3)c2c1. The zero-order chi connectivity index (χ0) is 17.3. The molecule has 24 heavy (non-hydrogen) atoms. The van der Waals surface area contributed by atoms with Crippen LogP contribution in [0.15, 0.2) is 52.1 Å². The number of benzene rings is 2. The number of halogens is 2. The van der Waals surface area contributed by atoms with Gasteiger partial charge in [-0.05, 0) is 42.0 Å². The molecule has 8 heteroatoms. The Morgan fingerprint density at radius 1 is 1.17 bits per heavy atom. The zero-order valence-corrected chi connectivity index (χ0v) is 15.0. The Labute approximate surface area is 147 Å². The summed E-state index contributed by atoms with van der Waals surface area (Å²) in [6.07, 6.45) is 2.54. The van der Waals surface area contributed by atoms with E-state index < -0.39 is 9.84 Å². The number of fused-ring (bicyclic) bond motifs is 1. The number of hydrogen-bond acceptors (Lipinski definition) is 5. The van der Waals surface area contributed by atoms with Crippen LogP contribution in [-0.2, 0) is 16.4 Å². The maximum Gasteiger partial charge on any atom is 0.175 e. The molecular formula is C16H13BrFN3O2S. The minimum atomic E-state index is -3.33. The van der Waals surface area contributed by atoms with Crippen LogP contribution in [0.3, 0.4) is 0 Å². The molecule has 0 aliphatic carbocycles. The van der Waals surface area contributed by atoms with Crippen molar-refractivity contribution in [2.24, 2.45) is 0 Å². The number of aromatic nitrogens is 2. The monoisotopic (exact) mass is 409 g/mol. The molecule has 0 saturated carbocycles. The van der Waals surface area contributed by atoms with Crippen molar-refractivity contribution >= 4 is 42.5 Å². The second-order valence-electron chi connectivity index (χ2n) is 5.30. The molecule has 5 nitrogen and oxygen atoms in total. The summed E-state index contributed by atoms with van der Waals surface area (Å²) >= 11 is 3.25. The Bertz CT molecular complexity index is 1000. The number of nitrogens with zero attached hydrogens (tertiary/aromatic N) is 2. The standard InChI is InChI=1S/C16H13BrFN3O2S/c1-24(22,23)13-2-3-15-14(7-13)16(21-9-20-15)19-8-10-4-11(17)6-12(18)5-10/h2-7,9H,8H2,1H3,(H,19,20,21). The largest absolute Gasteiger partial charge is 0.365 e. The molecule has 0 atom stereocenters. The van der Waals surface area contributed by atoms with Gasteiger partial charge in [-0.2, -0.15) is 0 Å². The van der Waals surface area contributed by atoms with E-state index in [1.807, 2.05) is 0 Å². The third kappa shape index (κ3) is 3.70. The summed E-state index contributed by atoms with van der Waals surface area (Å²) in [4.78, 5) is 8.50. The second kappa shape index (κ2) is 6.45. The molecular weight excluding hydrogens is 397 g/mol. The predicted molar refractivity (Wildman–Crippen MR) is 94.1 cm³/mol. The first-order valence-corrected chi connectivity index (χ1v) is 9.65. The predicted octanol–water partition coefficient (Wildman–Crippen LogP) is 3.55. The van der Waals surface area contributed by atoms with E-state index in [9.17, 15) is 12.8 Å². The lowest BCUT2D eigenvalue weighted by Gasteiger charge is -2.10. The number of hydrogen-bond donors (Lipinski definition) is 1. The van der Waals surface area contributed by atoms with Gasteiger partial charge in [-0.3, -0.25) is 0 Å². The van der Waals surface area contributed by atoms with Crippen LogP contribution >= 0.6 is 15.9 Å². The number of nitrogens with one attached hydrogen (secondary N) is 1. The molecule has 0 fully saturated rings. The van der Waals surface area contributed by atoms with Crippen molar-refractivity contribution in [2.75, 3.05) is 11.6 Å². The van der Waals surface area contributed by atoms with Crippen molar-refractivity contribution in [1.82, 2.24) is 9.97 Å². The molecule has 0 unspecified atom stereocenters. The van der Waals surface area contributed by atoms with Gasteiger partial charge in [0.1, 0.15) is 18.0 Å². The molecule has 0 amide bonds. The highest BCUT2D eigenvalue weighted by atomic mass is 79.9. The molecule has 0 bridgehead atoms. The smallest absolute Gasteiger partial charge is 0.175 e. The fourth-order valence-electron chi connectivity index (χ4n) is 2.31. The van der Waals surface area contributed by atoms with Gasteiger partial charge in [0.2, 0.25) is 0 Å². The van der Waals surface area contributed by atoms with Gasteiger partial charge in [0.15, 0.2) is 9.84 Å². The first kappa shape index (κ1) is 16.8. The van der Waals surface area contributed by atoms with Gasteiger partial charge >= 0.3 is 0 Å². The van der Waals surface area contributed by atoms with Crippen LogP contribution in [0.25, 0.3) is 10.9 Å². The second-order valence-corrected chi connectivity index (χ2v) is 8.24. The van der Waals surface area contributed by atoms with Gasteiger partial charge in [-0.25, -0.2) is 22.8 Å². The van der Waals surface area contributed by atoms with Crippen molar-refractivity contribution in [2.45, 2.75) is 11.4 Å². The summed E-state index contributed by atoms with van der Waals surface area (Å²) in [5, 5.41) is 3.70. The van der Waals surface area contributed by atoms with Crippen molar-refractivity contribution in [3.8, 4) is 0 Å². The third-order valence-corrected chi connectivity index (χ3v) is 4.99. The molecule has 1 aromatic heterocycles. The zero-order valence-electron chi connectivity index (χ0n) is 12.6. The van der Waals surface area contributed by atoms with E-state index in [0.29, 0.717) is 27.7 Å². The van der Waals surface area contributed by atoms with E-state index in [1.54, 1.807) is 12.1 Å². The highest BCUT2D eigenvalue weighted by molar-refractivity contribution is 9.10. The summed E-state index contributed by atoms with van der Waals surface area (Å²) in [5.41, 5.74) is 1.35. The van der Waals surface area contributed by atoms with Crippen LogP contribution in [0.5, 0.6) is 0 Å². The van der Waals surface area contributed by atoms with Crippen LogP contribution in [0.1, 0.15) is 5.56 Å². The molecule has 3 aromatic rings. The highest BCUT2D eigenvalue weighted by Crippen LogP contribution is 2.24. The topological polar surface area (TPSA) is 72.0 Å². The fourth-order valence-corrected chi connectivity index (χ4v) is 3.47. The Morgan fingerprint density at radius 3 is 2.67 bits per heavy atom. The van der Waals surface area contributed by atoms with Crippen LogP contribution in [0.2, 0.25) is 0 Å².